The van der Waals surface area contributed by atoms with Gasteiger partial charge in [0, 0.05) is 28.6 Å². The average Bonchev–Trinajstić information content (AvgIpc) is 2.96. The number of fused-ring (bicyclic) bond motifs is 1. The number of anilines is 1. The lowest BCUT2D eigenvalue weighted by molar-refractivity contribution is 0.659. The first-order valence-electron chi connectivity index (χ1n) is 6.27. The molecule has 1 atom stereocenters. The molecule has 0 saturated carbocycles. The fourth-order valence-corrected chi connectivity index (χ4v) is 3.39. The van der Waals surface area contributed by atoms with E-state index in [9.17, 15) is 0 Å². The van der Waals surface area contributed by atoms with Crippen LogP contribution in [0.15, 0.2) is 29.3 Å². The predicted molar refractivity (Wildman–Crippen MR) is 76.2 cm³/mol. The summed E-state index contributed by atoms with van der Waals surface area (Å²) in [5, 5.41) is 10.2. The molecule has 3 heterocycles. The first-order valence-corrected chi connectivity index (χ1v) is 7.14. The molecule has 3 nitrogen and oxygen atoms in total. The summed E-state index contributed by atoms with van der Waals surface area (Å²) in [6.45, 7) is 7.24. The highest BCUT2D eigenvalue weighted by atomic mass is 32.1. The van der Waals surface area contributed by atoms with Gasteiger partial charge in [0.25, 0.3) is 0 Å². The number of aromatic nitrogens is 2. The summed E-state index contributed by atoms with van der Waals surface area (Å²) in [4.78, 5) is 1.39. The van der Waals surface area contributed by atoms with Gasteiger partial charge in [0.05, 0.1) is 5.69 Å². The molecule has 18 heavy (non-hydrogen) atoms. The molecule has 0 aliphatic carbocycles. The molecule has 0 aromatic carbocycles. The van der Waals surface area contributed by atoms with Gasteiger partial charge in [0.1, 0.15) is 5.82 Å². The van der Waals surface area contributed by atoms with Gasteiger partial charge in [-0.1, -0.05) is 12.1 Å². The molecule has 0 amide bonds. The monoisotopic (exact) mass is 259 g/mol. The molecule has 0 bridgehead atoms. The summed E-state index contributed by atoms with van der Waals surface area (Å²) in [6, 6.07) is 4.32. The molecular formula is C14H17N3S. The summed E-state index contributed by atoms with van der Waals surface area (Å²) < 4.78 is 2.06. The van der Waals surface area contributed by atoms with Crippen LogP contribution in [0.4, 0.5) is 5.82 Å². The second kappa shape index (κ2) is 4.28. The van der Waals surface area contributed by atoms with E-state index >= 15 is 0 Å². The van der Waals surface area contributed by atoms with Crippen molar-refractivity contribution in [1.82, 2.24) is 9.78 Å². The Morgan fingerprint density at radius 2 is 2.28 bits per heavy atom. The number of hydrogen-bond donors (Lipinski definition) is 1. The molecule has 3 rings (SSSR count). The molecule has 2 aromatic rings. The minimum atomic E-state index is 0.349. The van der Waals surface area contributed by atoms with Gasteiger partial charge in [0.15, 0.2) is 0 Å². The smallest absolute Gasteiger partial charge is 0.132 e. The second-order valence-corrected chi connectivity index (χ2v) is 5.61. The highest BCUT2D eigenvalue weighted by Crippen LogP contribution is 2.40. The Balaban J connectivity index is 2.17. The zero-order chi connectivity index (χ0) is 12.7. The van der Waals surface area contributed by atoms with E-state index in [-0.39, 0.29) is 0 Å². The number of hydrogen-bond acceptors (Lipinski definition) is 3. The van der Waals surface area contributed by atoms with E-state index in [1.54, 1.807) is 0 Å². The van der Waals surface area contributed by atoms with Crippen molar-refractivity contribution in [2.45, 2.75) is 33.2 Å². The second-order valence-electron chi connectivity index (χ2n) is 4.63. The van der Waals surface area contributed by atoms with Gasteiger partial charge in [-0.15, -0.1) is 11.3 Å². The van der Waals surface area contributed by atoms with Crippen LogP contribution in [0.3, 0.4) is 0 Å². The molecule has 0 saturated heterocycles. The third kappa shape index (κ3) is 1.68. The van der Waals surface area contributed by atoms with Gasteiger partial charge in [-0.05, 0) is 32.2 Å². The summed E-state index contributed by atoms with van der Waals surface area (Å²) in [6.07, 6.45) is 2.29. The molecule has 1 N–H and O–H groups in total. The van der Waals surface area contributed by atoms with Crippen molar-refractivity contribution in [3.63, 3.8) is 0 Å². The van der Waals surface area contributed by atoms with E-state index in [1.807, 2.05) is 11.3 Å². The van der Waals surface area contributed by atoms with Crippen LogP contribution in [0, 0.1) is 6.92 Å². The zero-order valence-electron chi connectivity index (χ0n) is 10.9. The van der Waals surface area contributed by atoms with Crippen molar-refractivity contribution in [2.75, 3.05) is 5.32 Å². The minimum Gasteiger partial charge on any atom is -0.344 e. The molecule has 0 radical (unpaired) electrons. The van der Waals surface area contributed by atoms with Crippen LogP contribution in [0.1, 0.15) is 35.9 Å². The van der Waals surface area contributed by atoms with Gasteiger partial charge in [-0.25, -0.2) is 4.68 Å². The third-order valence-corrected chi connectivity index (χ3v) is 4.32. The maximum atomic E-state index is 4.63. The maximum absolute atomic E-state index is 4.63. The molecule has 2 aromatic heterocycles. The van der Waals surface area contributed by atoms with Crippen molar-refractivity contribution in [1.29, 1.82) is 0 Å². The number of nitrogens with one attached hydrogen (secondary N) is 1. The Morgan fingerprint density at radius 1 is 1.44 bits per heavy atom. The van der Waals surface area contributed by atoms with Crippen LogP contribution in [0.5, 0.6) is 0 Å². The number of thiophene rings is 1. The molecular weight excluding hydrogens is 242 g/mol. The van der Waals surface area contributed by atoms with Crippen molar-refractivity contribution in [3.05, 3.63) is 45.4 Å². The lowest BCUT2D eigenvalue weighted by Crippen LogP contribution is -2.13. The van der Waals surface area contributed by atoms with Crippen LogP contribution in [0.25, 0.3) is 0 Å². The van der Waals surface area contributed by atoms with E-state index < -0.39 is 0 Å². The Kier molecular flexibility index (Phi) is 2.74. The normalized spacial score (nSPS) is 18.2. The fourth-order valence-electron chi connectivity index (χ4n) is 2.58. The predicted octanol–water partition coefficient (Wildman–Crippen LogP) is 3.73. The number of allylic oxidation sites excluding steroid dienone is 2. The summed E-state index contributed by atoms with van der Waals surface area (Å²) in [7, 11) is 0. The van der Waals surface area contributed by atoms with Gasteiger partial charge >= 0.3 is 0 Å². The van der Waals surface area contributed by atoms with Crippen molar-refractivity contribution in [3.8, 4) is 0 Å². The number of nitrogens with zero attached hydrogens (tertiary/aromatic N) is 2. The number of aryl methyl sites for hydroxylation is 2. The van der Waals surface area contributed by atoms with Crippen LogP contribution >= 0.6 is 11.3 Å². The molecule has 4 heteroatoms. The Bertz CT molecular complexity index is 593. The highest BCUT2D eigenvalue weighted by molar-refractivity contribution is 7.10. The molecule has 0 spiro atoms. The van der Waals surface area contributed by atoms with Crippen LogP contribution in [-0.2, 0) is 6.54 Å². The van der Waals surface area contributed by atoms with Crippen molar-refractivity contribution < 1.29 is 0 Å². The van der Waals surface area contributed by atoms with Crippen molar-refractivity contribution >= 4 is 17.2 Å². The largest absolute Gasteiger partial charge is 0.344 e. The first-order chi connectivity index (χ1) is 8.70. The van der Waals surface area contributed by atoms with Gasteiger partial charge in [0.2, 0.25) is 0 Å². The summed E-state index contributed by atoms with van der Waals surface area (Å²) in [5.41, 5.74) is 3.65. The van der Waals surface area contributed by atoms with E-state index in [0.717, 1.165) is 18.1 Å². The fraction of sp³-hybridized carbons (Fsp3) is 0.357. The molecule has 0 fully saturated rings. The molecule has 1 aliphatic heterocycles. The molecule has 1 unspecified atom stereocenters. The van der Waals surface area contributed by atoms with E-state index in [4.69, 9.17) is 0 Å². The highest BCUT2D eigenvalue weighted by Gasteiger charge is 2.27. The van der Waals surface area contributed by atoms with Crippen molar-refractivity contribution in [2.24, 2.45) is 0 Å². The van der Waals surface area contributed by atoms with Gasteiger partial charge in [-0.3, -0.25) is 0 Å². The maximum Gasteiger partial charge on any atom is 0.132 e. The van der Waals surface area contributed by atoms with Gasteiger partial charge in [-0.2, -0.15) is 5.10 Å². The Morgan fingerprint density at radius 3 is 2.94 bits per heavy atom. The topological polar surface area (TPSA) is 29.9 Å². The molecule has 1 aliphatic rings. The number of rotatable bonds is 2. The average molecular weight is 259 g/mol. The van der Waals surface area contributed by atoms with E-state index in [0.29, 0.717) is 5.92 Å². The molecule has 94 valence electrons. The van der Waals surface area contributed by atoms with Crippen LogP contribution in [0.2, 0.25) is 0 Å². The van der Waals surface area contributed by atoms with Gasteiger partial charge < -0.3 is 5.32 Å². The summed E-state index contributed by atoms with van der Waals surface area (Å²) in [5.74, 6) is 1.51. The Labute approximate surface area is 111 Å². The lowest BCUT2D eigenvalue weighted by atomic mass is 9.93. The third-order valence-electron chi connectivity index (χ3n) is 3.37. The summed E-state index contributed by atoms with van der Waals surface area (Å²) >= 11 is 1.81. The standard InChI is InChI=1S/C14H17N3S/c1-4-17-14-13(10(3)16-17)11(8-9(2)15-14)12-6-5-7-18-12/h5-8,11,15H,4H2,1-3H3. The van der Waals surface area contributed by atoms with Crippen LogP contribution < -0.4 is 5.32 Å². The zero-order valence-corrected chi connectivity index (χ0v) is 11.7. The SMILES string of the molecule is CCn1nc(C)c2c1NC(C)=CC2c1cccs1. The van der Waals surface area contributed by atoms with Crippen LogP contribution in [-0.4, -0.2) is 9.78 Å². The van der Waals surface area contributed by atoms with E-state index in [2.05, 4.69) is 59.5 Å². The van der Waals surface area contributed by atoms with E-state index in [1.165, 1.54) is 16.1 Å². The minimum absolute atomic E-state index is 0.349. The quantitative estimate of drug-likeness (QED) is 0.890. The Hall–Kier alpha value is -1.55. The lowest BCUT2D eigenvalue weighted by Gasteiger charge is -2.22. The first kappa shape index (κ1) is 11.5.